The number of fused-ring (bicyclic) bond motifs is 6. The van der Waals surface area contributed by atoms with Gasteiger partial charge < -0.3 is 14.7 Å². The van der Waals surface area contributed by atoms with Gasteiger partial charge in [-0.05, 0) is 156 Å². The summed E-state index contributed by atoms with van der Waals surface area (Å²) in [4.78, 5) is 101. The third kappa shape index (κ3) is 13.5. The molecule has 22 nitrogen and oxygen atoms in total. The summed E-state index contributed by atoms with van der Waals surface area (Å²) >= 11 is 0. The molecule has 98 heavy (non-hydrogen) atoms. The SMILES string of the molecule is Cc1ccnc(C(=O)N2C3CCC2C(Cc2cnc(C(F)(F)F)cn2)C3)c1-c1ncccn1.Cc1ccnc(C(=O)N2C3CCC2C(Cc2cnc(C(F)(F)F)cn2)C3)c1-n1nccn1.Cc1ccnc(C(=O)N2C3CCC2C(Cc2ncc(C(F)(F)F)cn2)C3)c1-c1ncccn1. The summed E-state index contributed by atoms with van der Waals surface area (Å²) < 4.78 is 115. The zero-order valence-corrected chi connectivity index (χ0v) is 52.9. The second-order valence-electron chi connectivity index (χ2n) is 25.3. The van der Waals surface area contributed by atoms with Gasteiger partial charge in [0.1, 0.15) is 22.9 Å². The van der Waals surface area contributed by atoms with Gasteiger partial charge in [0.25, 0.3) is 17.7 Å². The highest BCUT2D eigenvalue weighted by Gasteiger charge is 2.52. The molecular formula is C67H62F9N19O3. The van der Waals surface area contributed by atoms with E-state index in [1.54, 1.807) is 74.0 Å². The Kier molecular flexibility index (Phi) is 18.3. The third-order valence-electron chi connectivity index (χ3n) is 19.4. The largest absolute Gasteiger partial charge is 0.434 e. The van der Waals surface area contributed by atoms with Crippen LogP contribution in [0.1, 0.15) is 140 Å². The molecule has 506 valence electrons. The van der Waals surface area contributed by atoms with Crippen LogP contribution in [-0.2, 0) is 37.8 Å². The molecule has 6 aliphatic heterocycles. The van der Waals surface area contributed by atoms with Crippen LogP contribution in [0.5, 0.6) is 0 Å². The van der Waals surface area contributed by atoms with Gasteiger partial charge in [-0.25, -0.2) is 44.9 Å². The lowest BCUT2D eigenvalue weighted by molar-refractivity contribution is -0.142. The van der Waals surface area contributed by atoms with Crippen LogP contribution >= 0.6 is 0 Å². The van der Waals surface area contributed by atoms with Crippen molar-refractivity contribution >= 4 is 17.7 Å². The third-order valence-corrected chi connectivity index (χ3v) is 19.4. The summed E-state index contributed by atoms with van der Waals surface area (Å²) in [5.74, 6) is 1.08. The van der Waals surface area contributed by atoms with Gasteiger partial charge in [-0.15, -0.1) is 4.80 Å². The number of aromatic nitrogens is 16. The molecule has 15 heterocycles. The average molecular weight is 1350 g/mol. The van der Waals surface area contributed by atoms with E-state index in [1.807, 2.05) is 47.6 Å². The summed E-state index contributed by atoms with van der Waals surface area (Å²) in [7, 11) is 0. The molecule has 9 atom stereocenters. The van der Waals surface area contributed by atoms with Crippen molar-refractivity contribution in [2.75, 3.05) is 0 Å². The maximum absolute atomic E-state index is 13.7. The molecule has 0 saturated carbocycles. The van der Waals surface area contributed by atoms with Crippen LogP contribution in [0.4, 0.5) is 39.5 Å². The average Bonchev–Trinajstić information content (AvgIpc) is 1.60. The van der Waals surface area contributed by atoms with Crippen LogP contribution in [0.2, 0.25) is 0 Å². The van der Waals surface area contributed by atoms with Crippen LogP contribution in [0, 0.1) is 38.5 Å². The Morgan fingerprint density at radius 3 is 1.18 bits per heavy atom. The van der Waals surface area contributed by atoms with Gasteiger partial charge in [-0.2, -0.15) is 49.7 Å². The molecule has 6 bridgehead atoms. The second-order valence-corrected chi connectivity index (χ2v) is 25.3. The highest BCUT2D eigenvalue weighted by Crippen LogP contribution is 2.47. The van der Waals surface area contributed by atoms with Crippen molar-refractivity contribution in [2.45, 2.75) is 153 Å². The standard InChI is InChI=1S/2C23H21F3N6O.C21H20F3N7O/c1-13-5-8-27-20(19(13)21-28-6-2-7-29-21)22(33)32-16-3-4-17(32)14(9-16)10-18-30-11-15(12-31-18)23(24,25)26;1-13-5-8-27-20(19(13)21-28-6-2-7-29-21)22(33)32-16-3-4-17(32)14(10-16)9-15-11-31-18(12-30-15)23(24,25)26;1-12-4-5-25-18(19(12)31-28-6-7-29-31)20(32)30-15-2-3-16(30)13(9-15)8-14-10-27-17(11-26-14)21(22,23)24/h2*2,5-8,11-12,14,16-17H,3-4,9-10H2,1H3;4-7,10-11,13,15-16H,2-3,8-9H2,1H3. The summed E-state index contributed by atoms with van der Waals surface area (Å²) in [6.07, 6.45) is 15.4. The fourth-order valence-electron chi connectivity index (χ4n) is 15.1. The Bertz CT molecular complexity index is 4160. The van der Waals surface area contributed by atoms with Crippen LogP contribution in [0.25, 0.3) is 28.5 Å². The summed E-state index contributed by atoms with van der Waals surface area (Å²) in [5, 5.41) is 8.33. The highest BCUT2D eigenvalue weighted by molar-refractivity contribution is 6.00. The van der Waals surface area contributed by atoms with Crippen molar-refractivity contribution < 1.29 is 53.9 Å². The number of aryl methyl sites for hydroxylation is 3. The molecule has 0 radical (unpaired) electrons. The normalized spacial score (nSPS) is 22.2. The number of hydrogen-bond donors (Lipinski definition) is 0. The predicted molar refractivity (Wildman–Crippen MR) is 329 cm³/mol. The first-order valence-corrected chi connectivity index (χ1v) is 31.9. The number of alkyl halides is 9. The molecule has 0 spiro atoms. The Labute approximate surface area is 554 Å². The number of halogens is 9. The number of rotatable bonds is 12. The molecule has 0 N–H and O–H groups in total. The van der Waals surface area contributed by atoms with Crippen LogP contribution in [-0.4, -0.2) is 148 Å². The van der Waals surface area contributed by atoms with E-state index in [1.165, 1.54) is 17.2 Å². The van der Waals surface area contributed by atoms with E-state index in [2.05, 4.69) is 75.0 Å². The molecular weight excluding hydrogens is 1290 g/mol. The topological polar surface area (TPSA) is 259 Å². The maximum Gasteiger partial charge on any atom is 0.434 e. The van der Waals surface area contributed by atoms with Crippen LogP contribution < -0.4 is 0 Å². The monoisotopic (exact) mass is 1350 g/mol. The van der Waals surface area contributed by atoms with Crippen molar-refractivity contribution in [3.63, 3.8) is 0 Å². The molecule has 9 aromatic rings. The quantitative estimate of drug-likeness (QED) is 0.103. The second kappa shape index (κ2) is 27.0. The molecule has 31 heteroatoms. The van der Waals surface area contributed by atoms with Crippen molar-refractivity contribution in [1.82, 2.24) is 94.5 Å². The van der Waals surface area contributed by atoms with Gasteiger partial charge in [0.2, 0.25) is 0 Å². The molecule has 9 unspecified atom stereocenters. The van der Waals surface area contributed by atoms with Gasteiger partial charge >= 0.3 is 18.5 Å². The lowest BCUT2D eigenvalue weighted by atomic mass is 9.86. The Hall–Kier alpha value is -10.2. The van der Waals surface area contributed by atoms with E-state index in [0.29, 0.717) is 82.0 Å². The molecule has 0 aromatic carbocycles. The lowest BCUT2D eigenvalue weighted by Gasteiger charge is -2.25. The van der Waals surface area contributed by atoms with E-state index in [-0.39, 0.29) is 71.7 Å². The van der Waals surface area contributed by atoms with Gasteiger partial charge in [0, 0.05) is 111 Å². The lowest BCUT2D eigenvalue weighted by Crippen LogP contribution is -2.38. The highest BCUT2D eigenvalue weighted by atomic mass is 19.4. The minimum atomic E-state index is -4.51. The van der Waals surface area contributed by atoms with E-state index in [9.17, 15) is 53.9 Å². The first-order valence-electron chi connectivity index (χ1n) is 31.9. The van der Waals surface area contributed by atoms with Crippen LogP contribution in [0.15, 0.2) is 123 Å². The zero-order chi connectivity index (χ0) is 68.8. The molecule has 9 aromatic heterocycles. The fourth-order valence-corrected chi connectivity index (χ4v) is 15.1. The van der Waals surface area contributed by atoms with Crippen molar-refractivity contribution in [3.05, 3.63) is 191 Å². The molecule has 6 fully saturated rings. The van der Waals surface area contributed by atoms with E-state index in [4.69, 9.17) is 0 Å². The van der Waals surface area contributed by atoms with E-state index < -0.39 is 35.5 Å². The molecule has 3 amide bonds. The number of carbonyl (C=O) groups is 3. The smallest absolute Gasteiger partial charge is 0.331 e. The first-order chi connectivity index (χ1) is 47.0. The zero-order valence-electron chi connectivity index (χ0n) is 52.9. The summed E-state index contributed by atoms with van der Waals surface area (Å²) in [6.45, 7) is 5.67. The summed E-state index contributed by atoms with van der Waals surface area (Å²) in [5.41, 5.74) is 3.44. The van der Waals surface area contributed by atoms with Gasteiger partial charge in [0.05, 0.1) is 52.9 Å². The van der Waals surface area contributed by atoms with E-state index >= 15 is 0 Å². The van der Waals surface area contributed by atoms with Crippen molar-refractivity contribution in [2.24, 2.45) is 17.8 Å². The van der Waals surface area contributed by atoms with Crippen LogP contribution in [0.3, 0.4) is 0 Å². The predicted octanol–water partition coefficient (Wildman–Crippen LogP) is 10.8. The molecule has 6 aliphatic rings. The van der Waals surface area contributed by atoms with Gasteiger partial charge in [0.15, 0.2) is 28.7 Å². The molecule has 0 aliphatic carbocycles. The minimum absolute atomic E-state index is 0.0153. The van der Waals surface area contributed by atoms with Crippen molar-refractivity contribution in [3.8, 4) is 28.5 Å². The summed E-state index contributed by atoms with van der Waals surface area (Å²) in [6, 6.07) is 9.03. The fraction of sp³-hybridized carbons (Fsp3) is 0.403. The Balaban J connectivity index is 0.000000132. The molecule has 6 saturated heterocycles. The minimum Gasteiger partial charge on any atom is -0.331 e. The first kappa shape index (κ1) is 66.4. The van der Waals surface area contributed by atoms with Gasteiger partial charge in [-0.3, -0.25) is 34.3 Å². The number of hydrogen-bond acceptors (Lipinski definition) is 18. The number of pyridine rings is 3. The van der Waals surface area contributed by atoms with Gasteiger partial charge in [-0.1, -0.05) is 0 Å². The van der Waals surface area contributed by atoms with Crippen molar-refractivity contribution in [1.29, 1.82) is 0 Å². The number of nitrogens with zero attached hydrogens (tertiary/aromatic N) is 19. The Morgan fingerprint density at radius 1 is 0.408 bits per heavy atom. The molecule has 15 rings (SSSR count). The number of carbonyl (C=O) groups excluding carboxylic acids is 3. The maximum atomic E-state index is 13.7. The van der Waals surface area contributed by atoms with E-state index in [0.717, 1.165) is 99.3 Å². The Morgan fingerprint density at radius 2 is 0.796 bits per heavy atom. The number of amides is 3.